The zero-order valence-electron chi connectivity index (χ0n) is 16.5. The van der Waals surface area contributed by atoms with Gasteiger partial charge in [-0.15, -0.1) is 0 Å². The van der Waals surface area contributed by atoms with Crippen LogP contribution in [0.3, 0.4) is 0 Å². The van der Waals surface area contributed by atoms with Gasteiger partial charge in [0, 0.05) is 18.6 Å². The molecule has 0 spiro atoms. The van der Waals surface area contributed by atoms with Gasteiger partial charge in [0.25, 0.3) is 0 Å². The van der Waals surface area contributed by atoms with Crippen molar-refractivity contribution in [2.75, 3.05) is 13.2 Å². The number of rotatable bonds is 4. The van der Waals surface area contributed by atoms with Crippen LogP contribution in [0.5, 0.6) is 0 Å². The van der Waals surface area contributed by atoms with Crippen molar-refractivity contribution in [1.29, 1.82) is 0 Å². The molecule has 26 heavy (non-hydrogen) atoms. The van der Waals surface area contributed by atoms with E-state index in [1.54, 1.807) is 12.5 Å². The summed E-state index contributed by atoms with van der Waals surface area (Å²) in [5, 5.41) is 0. The van der Waals surface area contributed by atoms with Crippen molar-refractivity contribution in [3.05, 3.63) is 48.3 Å². The lowest BCUT2D eigenvalue weighted by Gasteiger charge is -2.35. The van der Waals surface area contributed by atoms with Gasteiger partial charge in [0.05, 0.1) is 30.1 Å². The maximum absolute atomic E-state index is 5.75. The molecular formula is C22H32O4. The zero-order valence-corrected chi connectivity index (χ0v) is 16.5. The molecule has 0 saturated carbocycles. The summed E-state index contributed by atoms with van der Waals surface area (Å²) >= 11 is 0. The van der Waals surface area contributed by atoms with Gasteiger partial charge in [0.2, 0.25) is 0 Å². The van der Waals surface area contributed by atoms with E-state index in [4.69, 9.17) is 18.3 Å². The number of ether oxygens (including phenoxy) is 2. The molecule has 2 saturated heterocycles. The van der Waals surface area contributed by atoms with E-state index in [2.05, 4.69) is 27.7 Å². The van der Waals surface area contributed by atoms with Gasteiger partial charge in [-0.2, -0.15) is 0 Å². The summed E-state index contributed by atoms with van der Waals surface area (Å²) in [5.41, 5.74) is 0.0278. The third kappa shape index (κ3) is 4.07. The summed E-state index contributed by atoms with van der Waals surface area (Å²) in [6, 6.07) is 7.70. The second-order valence-electron chi connectivity index (χ2n) is 8.40. The lowest BCUT2D eigenvalue weighted by Crippen LogP contribution is -2.39. The predicted molar refractivity (Wildman–Crippen MR) is 101 cm³/mol. The lowest BCUT2D eigenvalue weighted by molar-refractivity contribution is -0.0681. The van der Waals surface area contributed by atoms with Crippen molar-refractivity contribution >= 4 is 0 Å². The lowest BCUT2D eigenvalue weighted by atomic mass is 9.78. The van der Waals surface area contributed by atoms with Crippen molar-refractivity contribution in [1.82, 2.24) is 0 Å². The van der Waals surface area contributed by atoms with E-state index in [1.165, 1.54) is 25.7 Å². The Kier molecular flexibility index (Phi) is 5.93. The summed E-state index contributed by atoms with van der Waals surface area (Å²) in [4.78, 5) is 0. The maximum Gasteiger partial charge on any atom is 0.116 e. The molecular weight excluding hydrogens is 328 g/mol. The normalized spacial score (nSPS) is 23.7. The third-order valence-electron chi connectivity index (χ3n) is 5.79. The molecule has 144 valence electrons. The van der Waals surface area contributed by atoms with E-state index >= 15 is 0 Å². The van der Waals surface area contributed by atoms with Crippen LogP contribution in [-0.2, 0) is 14.9 Å². The largest absolute Gasteiger partial charge is 0.468 e. The van der Waals surface area contributed by atoms with Gasteiger partial charge >= 0.3 is 0 Å². The standard InChI is InChI=1S/C11H20O2.C11H12O2/c2*1-11(2,9-5-3-7-12-9)10-6-4-8-13-10/h9-10H,3-8H2,1-2H3;3-8H,1-2H3. The van der Waals surface area contributed by atoms with Gasteiger partial charge in [-0.1, -0.05) is 13.8 Å². The molecule has 0 aliphatic carbocycles. The average Bonchev–Trinajstić information content (AvgIpc) is 3.47. The number of hydrogen-bond acceptors (Lipinski definition) is 4. The third-order valence-corrected chi connectivity index (χ3v) is 5.79. The van der Waals surface area contributed by atoms with Crippen molar-refractivity contribution in [2.45, 2.75) is 71.0 Å². The van der Waals surface area contributed by atoms with E-state index in [1.807, 2.05) is 24.3 Å². The first-order chi connectivity index (χ1) is 12.4. The van der Waals surface area contributed by atoms with E-state index in [9.17, 15) is 0 Å². The van der Waals surface area contributed by atoms with Crippen molar-refractivity contribution in [2.24, 2.45) is 5.41 Å². The number of furan rings is 2. The maximum atomic E-state index is 5.75. The minimum absolute atomic E-state index is 0.188. The summed E-state index contributed by atoms with van der Waals surface area (Å²) in [7, 11) is 0. The van der Waals surface area contributed by atoms with Gasteiger partial charge in [-0.05, 0) is 63.8 Å². The highest BCUT2D eigenvalue weighted by molar-refractivity contribution is 5.24. The monoisotopic (exact) mass is 360 g/mol. The SMILES string of the molecule is CC(C)(C1CCCO1)C1CCCO1.CC(C)(c1ccco1)c1ccco1. The average molecular weight is 360 g/mol. The molecule has 0 amide bonds. The molecule has 2 aliphatic rings. The molecule has 2 atom stereocenters. The highest BCUT2D eigenvalue weighted by Gasteiger charge is 2.41. The van der Waals surface area contributed by atoms with Crippen LogP contribution in [0.1, 0.15) is 64.9 Å². The molecule has 0 aromatic carbocycles. The highest BCUT2D eigenvalue weighted by atomic mass is 16.5. The molecule has 0 N–H and O–H groups in total. The second-order valence-corrected chi connectivity index (χ2v) is 8.40. The minimum atomic E-state index is -0.188. The molecule has 2 aliphatic heterocycles. The fourth-order valence-electron chi connectivity index (χ4n) is 3.93. The Balaban J connectivity index is 0.000000151. The number of hydrogen-bond donors (Lipinski definition) is 0. The van der Waals surface area contributed by atoms with Gasteiger partial charge in [0.1, 0.15) is 11.5 Å². The Labute approximate surface area is 156 Å². The molecule has 4 heterocycles. The molecule has 2 aromatic heterocycles. The summed E-state index contributed by atoms with van der Waals surface area (Å²) in [5.74, 6) is 1.84. The van der Waals surface area contributed by atoms with Crippen LogP contribution in [0.2, 0.25) is 0 Å². The molecule has 2 unspecified atom stereocenters. The van der Waals surface area contributed by atoms with Crippen LogP contribution in [0.15, 0.2) is 45.6 Å². The Morgan fingerprint density at radius 1 is 0.769 bits per heavy atom. The topological polar surface area (TPSA) is 44.7 Å². The first kappa shape index (κ1) is 19.2. The molecule has 0 radical (unpaired) electrons. The van der Waals surface area contributed by atoms with Crippen molar-refractivity contribution in [3.63, 3.8) is 0 Å². The zero-order chi connectivity index (χ0) is 18.6. The molecule has 2 aromatic rings. The fraction of sp³-hybridized carbons (Fsp3) is 0.636. The van der Waals surface area contributed by atoms with E-state index in [0.717, 1.165) is 24.7 Å². The van der Waals surface area contributed by atoms with Gasteiger partial charge < -0.3 is 18.3 Å². The first-order valence-corrected chi connectivity index (χ1v) is 9.73. The molecule has 2 fully saturated rings. The first-order valence-electron chi connectivity index (χ1n) is 9.73. The van der Waals surface area contributed by atoms with Gasteiger partial charge in [-0.25, -0.2) is 0 Å². The Morgan fingerprint density at radius 2 is 1.23 bits per heavy atom. The molecule has 4 heteroatoms. The molecule has 4 nitrogen and oxygen atoms in total. The smallest absolute Gasteiger partial charge is 0.116 e. The fourth-order valence-corrected chi connectivity index (χ4v) is 3.93. The Hall–Kier alpha value is -1.52. The van der Waals surface area contributed by atoms with Crippen LogP contribution < -0.4 is 0 Å². The summed E-state index contributed by atoms with van der Waals surface area (Å²) in [6.45, 7) is 10.6. The highest BCUT2D eigenvalue weighted by Crippen LogP contribution is 2.39. The van der Waals surface area contributed by atoms with Crippen LogP contribution in [0, 0.1) is 5.41 Å². The van der Waals surface area contributed by atoms with Crippen LogP contribution >= 0.6 is 0 Å². The van der Waals surface area contributed by atoms with Gasteiger partial charge in [-0.3, -0.25) is 0 Å². The quantitative estimate of drug-likeness (QED) is 0.715. The summed E-state index contributed by atoms with van der Waals surface area (Å²) in [6.07, 6.45) is 9.09. The Bertz CT molecular complexity index is 574. The minimum Gasteiger partial charge on any atom is -0.468 e. The second kappa shape index (κ2) is 8.01. The van der Waals surface area contributed by atoms with Crippen molar-refractivity contribution < 1.29 is 18.3 Å². The van der Waals surface area contributed by atoms with Crippen LogP contribution in [0.25, 0.3) is 0 Å². The molecule has 4 rings (SSSR count). The van der Waals surface area contributed by atoms with Gasteiger partial charge in [0.15, 0.2) is 0 Å². The van der Waals surface area contributed by atoms with Crippen LogP contribution in [-0.4, -0.2) is 25.4 Å². The van der Waals surface area contributed by atoms with E-state index in [-0.39, 0.29) is 10.8 Å². The predicted octanol–water partition coefficient (Wildman–Crippen LogP) is 5.57. The van der Waals surface area contributed by atoms with Crippen molar-refractivity contribution in [3.8, 4) is 0 Å². The molecule has 0 bridgehead atoms. The van der Waals surface area contributed by atoms with Crippen LogP contribution in [0.4, 0.5) is 0 Å². The van der Waals surface area contributed by atoms with E-state index in [0.29, 0.717) is 12.2 Å². The Morgan fingerprint density at radius 3 is 1.54 bits per heavy atom. The summed E-state index contributed by atoms with van der Waals surface area (Å²) < 4.78 is 22.2. The van der Waals surface area contributed by atoms with E-state index < -0.39 is 0 Å².